The number of carbonyl (C=O) groups excluding carboxylic acids is 2. The maximum absolute atomic E-state index is 13.1. The fraction of sp³-hybridized carbons (Fsp3) is 0.409. The zero-order valence-corrected chi connectivity index (χ0v) is 17.0. The van der Waals surface area contributed by atoms with Gasteiger partial charge in [0.2, 0.25) is 11.8 Å². The number of anilines is 1. The van der Waals surface area contributed by atoms with E-state index in [0.29, 0.717) is 13.1 Å². The van der Waals surface area contributed by atoms with Crippen molar-refractivity contribution in [3.8, 4) is 11.4 Å². The molecular formula is C22H25N5O2. The second kappa shape index (κ2) is 6.20. The summed E-state index contributed by atoms with van der Waals surface area (Å²) < 4.78 is 0. The quantitative estimate of drug-likeness (QED) is 0.641. The minimum absolute atomic E-state index is 0.0752. The molecule has 5 rings (SSSR count). The Kier molecular flexibility index (Phi) is 3.84. The first-order valence-electron chi connectivity index (χ1n) is 10.2. The average Bonchev–Trinajstić information content (AvgIpc) is 3.28. The van der Waals surface area contributed by atoms with Gasteiger partial charge in [-0.25, -0.2) is 0 Å². The van der Waals surface area contributed by atoms with Crippen LogP contribution in [-0.4, -0.2) is 40.1 Å². The minimum Gasteiger partial charge on any atom is -0.355 e. The summed E-state index contributed by atoms with van der Waals surface area (Å²) in [6, 6.07) is 4.28. The third-order valence-corrected chi connectivity index (χ3v) is 6.30. The third-order valence-electron chi connectivity index (χ3n) is 6.30. The molecule has 150 valence electrons. The molecule has 0 fully saturated rings. The van der Waals surface area contributed by atoms with Gasteiger partial charge in [-0.2, -0.15) is 5.10 Å². The smallest absolute Gasteiger partial charge is 0.237 e. The summed E-state index contributed by atoms with van der Waals surface area (Å²) in [4.78, 5) is 29.8. The maximum Gasteiger partial charge on any atom is 0.237 e. The van der Waals surface area contributed by atoms with E-state index in [1.54, 1.807) is 0 Å². The first-order valence-corrected chi connectivity index (χ1v) is 10.2. The standard InChI is InChI=1S/C22H25N5O2/c1-12(28)23-7-8-27-18-9-15-14-6-4-5-13-11-24-26-19(13)20(14)25-17(15)10-16(18)22(2,3)21(27)29/h9-11,25H,4-8H2,1-3H3,(H,23,28)(H,24,26). The highest BCUT2D eigenvalue weighted by Crippen LogP contribution is 2.45. The fourth-order valence-electron chi connectivity index (χ4n) is 4.78. The number of amides is 2. The number of rotatable bonds is 3. The summed E-state index contributed by atoms with van der Waals surface area (Å²) in [6.45, 7) is 6.34. The van der Waals surface area contributed by atoms with E-state index in [1.165, 1.54) is 18.1 Å². The average molecular weight is 391 g/mol. The molecule has 3 aromatic rings. The molecule has 2 aliphatic rings. The molecule has 0 saturated heterocycles. The molecule has 0 spiro atoms. The Bertz CT molecular complexity index is 1150. The van der Waals surface area contributed by atoms with Crippen LogP contribution in [0.15, 0.2) is 18.3 Å². The Morgan fingerprint density at radius 2 is 2.14 bits per heavy atom. The number of hydrogen-bond acceptors (Lipinski definition) is 3. The van der Waals surface area contributed by atoms with Crippen LogP contribution in [0.25, 0.3) is 22.3 Å². The van der Waals surface area contributed by atoms with Crippen LogP contribution in [0, 0.1) is 0 Å². The monoisotopic (exact) mass is 391 g/mol. The first kappa shape index (κ1) is 18.0. The van der Waals surface area contributed by atoms with E-state index in [9.17, 15) is 9.59 Å². The van der Waals surface area contributed by atoms with Crippen molar-refractivity contribution >= 4 is 28.4 Å². The van der Waals surface area contributed by atoms with Gasteiger partial charge in [0.05, 0.1) is 11.1 Å². The Hall–Kier alpha value is -3.09. The highest BCUT2D eigenvalue weighted by molar-refractivity contribution is 6.10. The molecule has 29 heavy (non-hydrogen) atoms. The second-order valence-electron chi connectivity index (χ2n) is 8.57. The highest BCUT2D eigenvalue weighted by Gasteiger charge is 2.44. The van der Waals surface area contributed by atoms with Gasteiger partial charge in [-0.3, -0.25) is 14.7 Å². The lowest BCUT2D eigenvalue weighted by molar-refractivity contribution is -0.122. The number of benzene rings is 1. The fourth-order valence-corrected chi connectivity index (χ4v) is 4.78. The predicted octanol–water partition coefficient (Wildman–Crippen LogP) is 2.81. The van der Waals surface area contributed by atoms with Crippen LogP contribution in [-0.2, 0) is 27.8 Å². The lowest BCUT2D eigenvalue weighted by atomic mass is 9.85. The minimum atomic E-state index is -0.597. The van der Waals surface area contributed by atoms with Gasteiger partial charge >= 0.3 is 0 Å². The Balaban J connectivity index is 1.64. The molecule has 3 heterocycles. The van der Waals surface area contributed by atoms with Gasteiger partial charge in [-0.15, -0.1) is 0 Å². The predicted molar refractivity (Wildman–Crippen MR) is 112 cm³/mol. The van der Waals surface area contributed by atoms with Crippen molar-refractivity contribution < 1.29 is 9.59 Å². The van der Waals surface area contributed by atoms with Crippen LogP contribution in [0.2, 0.25) is 0 Å². The van der Waals surface area contributed by atoms with Gasteiger partial charge < -0.3 is 15.2 Å². The molecule has 0 unspecified atom stereocenters. The van der Waals surface area contributed by atoms with Crippen LogP contribution in [0.5, 0.6) is 0 Å². The third kappa shape index (κ3) is 2.60. The van der Waals surface area contributed by atoms with Crippen LogP contribution in [0.1, 0.15) is 43.9 Å². The molecule has 3 N–H and O–H groups in total. The van der Waals surface area contributed by atoms with E-state index < -0.39 is 5.41 Å². The number of carbonyl (C=O) groups is 2. The van der Waals surface area contributed by atoms with E-state index in [0.717, 1.165) is 52.8 Å². The Morgan fingerprint density at radius 1 is 1.31 bits per heavy atom. The van der Waals surface area contributed by atoms with Crippen LogP contribution >= 0.6 is 0 Å². The van der Waals surface area contributed by atoms with E-state index in [2.05, 4.69) is 32.6 Å². The summed E-state index contributed by atoms with van der Waals surface area (Å²) in [5, 5.41) is 11.4. The highest BCUT2D eigenvalue weighted by atomic mass is 16.2. The zero-order chi connectivity index (χ0) is 20.3. The molecule has 1 aromatic carbocycles. The van der Waals surface area contributed by atoms with Crippen molar-refractivity contribution in [2.75, 3.05) is 18.0 Å². The molecule has 2 aromatic heterocycles. The van der Waals surface area contributed by atoms with E-state index in [4.69, 9.17) is 0 Å². The maximum atomic E-state index is 13.1. The van der Waals surface area contributed by atoms with Crippen molar-refractivity contribution in [2.24, 2.45) is 0 Å². The molecule has 0 bridgehead atoms. The summed E-state index contributed by atoms with van der Waals surface area (Å²) in [5.41, 5.74) is 7.04. The topological polar surface area (TPSA) is 93.9 Å². The van der Waals surface area contributed by atoms with E-state index in [-0.39, 0.29) is 11.8 Å². The number of H-pyrrole nitrogens is 2. The molecule has 7 nitrogen and oxygen atoms in total. The van der Waals surface area contributed by atoms with Gasteiger partial charge in [-0.05, 0) is 61.9 Å². The van der Waals surface area contributed by atoms with Crippen molar-refractivity contribution in [2.45, 2.75) is 45.4 Å². The lowest BCUT2D eigenvalue weighted by Gasteiger charge is -2.20. The summed E-state index contributed by atoms with van der Waals surface area (Å²) >= 11 is 0. The Labute approximate surface area is 168 Å². The number of aryl methyl sites for hydroxylation is 2. The molecule has 0 saturated carbocycles. The largest absolute Gasteiger partial charge is 0.355 e. The van der Waals surface area contributed by atoms with Crippen molar-refractivity contribution in [3.63, 3.8) is 0 Å². The van der Waals surface area contributed by atoms with Crippen molar-refractivity contribution in [1.29, 1.82) is 0 Å². The summed E-state index contributed by atoms with van der Waals surface area (Å²) in [7, 11) is 0. The number of nitrogens with one attached hydrogen (secondary N) is 3. The molecule has 1 aliphatic heterocycles. The number of hydrogen-bond donors (Lipinski definition) is 3. The number of nitrogens with zero attached hydrogens (tertiary/aromatic N) is 2. The van der Waals surface area contributed by atoms with Gasteiger partial charge in [-0.1, -0.05) is 0 Å². The van der Waals surface area contributed by atoms with Crippen molar-refractivity contribution in [3.05, 3.63) is 35.0 Å². The second-order valence-corrected chi connectivity index (χ2v) is 8.57. The molecule has 7 heteroatoms. The summed E-state index contributed by atoms with van der Waals surface area (Å²) in [5.74, 6) is -0.0106. The van der Waals surface area contributed by atoms with Crippen LogP contribution < -0.4 is 10.2 Å². The van der Waals surface area contributed by atoms with Gasteiger partial charge in [0.25, 0.3) is 0 Å². The molecule has 1 aliphatic carbocycles. The molecule has 2 amide bonds. The van der Waals surface area contributed by atoms with Gasteiger partial charge in [0, 0.05) is 42.8 Å². The summed E-state index contributed by atoms with van der Waals surface area (Å²) in [6.07, 6.45) is 5.05. The lowest BCUT2D eigenvalue weighted by Crippen LogP contribution is -2.40. The molecule has 0 radical (unpaired) electrons. The SMILES string of the molecule is CC(=O)NCCN1C(=O)C(C)(C)c2cc3[nH]c4c(c3cc21)CCCc1c[nH]nc1-4. The normalized spacial score (nSPS) is 17.1. The first-order chi connectivity index (χ1) is 13.9. The number of fused-ring (bicyclic) bond motifs is 6. The zero-order valence-electron chi connectivity index (χ0n) is 17.0. The van der Waals surface area contributed by atoms with Crippen LogP contribution in [0.4, 0.5) is 5.69 Å². The molecule has 0 atom stereocenters. The van der Waals surface area contributed by atoms with E-state index >= 15 is 0 Å². The van der Waals surface area contributed by atoms with Gasteiger partial charge in [0.15, 0.2) is 0 Å². The van der Waals surface area contributed by atoms with Gasteiger partial charge in [0.1, 0.15) is 5.69 Å². The molecular weight excluding hydrogens is 366 g/mol. The number of aromatic nitrogens is 3. The van der Waals surface area contributed by atoms with Crippen molar-refractivity contribution in [1.82, 2.24) is 20.5 Å². The number of aromatic amines is 2. The van der Waals surface area contributed by atoms with Crippen LogP contribution in [0.3, 0.4) is 0 Å². The van der Waals surface area contributed by atoms with E-state index in [1.807, 2.05) is 24.9 Å². The Morgan fingerprint density at radius 3 is 2.93 bits per heavy atom.